The number of carbonyl (C=O) groups excluding carboxylic acids is 2. The van der Waals surface area contributed by atoms with E-state index < -0.39 is 17.6 Å². The Balaban J connectivity index is 1.52. The number of aromatic nitrogens is 2. The maximum Gasteiger partial charge on any atom is 0.305 e. The van der Waals surface area contributed by atoms with E-state index >= 15 is 0 Å². The van der Waals surface area contributed by atoms with Crippen molar-refractivity contribution in [2.45, 2.75) is 13.5 Å². The van der Waals surface area contributed by atoms with Gasteiger partial charge in [-0.25, -0.2) is 9.37 Å². The molecule has 0 saturated heterocycles. The third-order valence-corrected chi connectivity index (χ3v) is 4.62. The normalized spacial score (nSPS) is 10.9. The third kappa shape index (κ3) is 4.17. The van der Waals surface area contributed by atoms with Crippen LogP contribution in [0.15, 0.2) is 65.5 Å². The second-order valence-electron chi connectivity index (χ2n) is 6.58. The first-order valence-corrected chi connectivity index (χ1v) is 9.55. The Bertz CT molecular complexity index is 1230. The van der Waals surface area contributed by atoms with Gasteiger partial charge in [-0.15, -0.1) is 0 Å². The summed E-state index contributed by atoms with van der Waals surface area (Å²) < 4.78 is 25.8. The second-order valence-corrected chi connectivity index (χ2v) is 6.58. The maximum atomic E-state index is 13.2. The molecule has 31 heavy (non-hydrogen) atoms. The highest BCUT2D eigenvalue weighted by Crippen LogP contribution is 2.26. The van der Waals surface area contributed by atoms with Gasteiger partial charge in [0.2, 0.25) is 0 Å². The predicted molar refractivity (Wildman–Crippen MR) is 110 cm³/mol. The molecule has 0 radical (unpaired) electrons. The first-order chi connectivity index (χ1) is 15.1. The molecule has 0 spiro atoms. The summed E-state index contributed by atoms with van der Waals surface area (Å²) in [6.07, 6.45) is 2.76. The molecule has 0 unspecified atom stereocenters. The molecule has 4 aromatic rings. The Morgan fingerprint density at radius 3 is 2.61 bits per heavy atom. The fraction of sp³-hybridized carbons (Fsp3) is 0.136. The molecule has 4 rings (SSSR count). The molecule has 0 bridgehead atoms. The van der Waals surface area contributed by atoms with E-state index in [2.05, 4.69) is 15.8 Å². The number of hydrogen-bond acceptors (Lipinski definition) is 5. The van der Waals surface area contributed by atoms with Crippen molar-refractivity contribution in [2.24, 2.45) is 0 Å². The van der Waals surface area contributed by atoms with Crippen molar-refractivity contribution in [3.05, 3.63) is 83.9 Å². The number of halogens is 1. The molecule has 9 heteroatoms. The summed E-state index contributed by atoms with van der Waals surface area (Å²) >= 11 is 0. The van der Waals surface area contributed by atoms with Gasteiger partial charge in [0.1, 0.15) is 17.1 Å². The zero-order valence-electron chi connectivity index (χ0n) is 16.6. The van der Waals surface area contributed by atoms with Crippen LogP contribution in [-0.4, -0.2) is 28.0 Å². The molecule has 0 aliphatic carbocycles. The molecule has 2 amide bonds. The smallest absolute Gasteiger partial charge is 0.305 e. The minimum absolute atomic E-state index is 0.0574. The molecule has 2 aromatic carbocycles. The van der Waals surface area contributed by atoms with Crippen molar-refractivity contribution in [3.8, 4) is 5.69 Å². The summed E-state index contributed by atoms with van der Waals surface area (Å²) in [5.41, 5.74) is 6.57. The predicted octanol–water partition coefficient (Wildman–Crippen LogP) is 3.37. The van der Waals surface area contributed by atoms with Gasteiger partial charge in [0, 0.05) is 23.2 Å². The van der Waals surface area contributed by atoms with Crippen LogP contribution < -0.4 is 10.9 Å². The van der Waals surface area contributed by atoms with Crippen molar-refractivity contribution in [2.75, 3.05) is 6.61 Å². The van der Waals surface area contributed by atoms with Crippen LogP contribution in [0.3, 0.4) is 0 Å². The molecule has 0 saturated carbocycles. The Labute approximate surface area is 176 Å². The summed E-state index contributed by atoms with van der Waals surface area (Å²) in [5, 5.41) is 0.766. The van der Waals surface area contributed by atoms with Gasteiger partial charge in [-0.1, -0.05) is 18.2 Å². The second kappa shape index (κ2) is 8.80. The molecule has 2 aromatic heterocycles. The highest BCUT2D eigenvalue weighted by molar-refractivity contribution is 6.01. The standard InChI is InChI=1S/C22H19FN4O4/c1-2-30-12-17-16-5-3-4-6-19(16)31-20(17)22(29)26-25-21(28)18-11-24-13-27(18)15-9-7-14(23)8-10-15/h3-11,13H,2,12H2,1H3,(H,25,28)(H,26,29). The van der Waals surface area contributed by atoms with Crippen LogP contribution in [0.1, 0.15) is 33.5 Å². The number of hydrazine groups is 1. The van der Waals surface area contributed by atoms with E-state index in [1.54, 1.807) is 12.1 Å². The zero-order chi connectivity index (χ0) is 21.8. The van der Waals surface area contributed by atoms with Gasteiger partial charge in [-0.05, 0) is 37.3 Å². The molecular formula is C22H19FN4O4. The van der Waals surface area contributed by atoms with Gasteiger partial charge in [0.25, 0.3) is 5.91 Å². The molecule has 2 heterocycles. The number of amides is 2. The number of rotatable bonds is 6. The Morgan fingerprint density at radius 2 is 1.84 bits per heavy atom. The van der Waals surface area contributed by atoms with Crippen LogP contribution in [0.4, 0.5) is 4.39 Å². The number of nitrogens with one attached hydrogen (secondary N) is 2. The highest BCUT2D eigenvalue weighted by atomic mass is 19.1. The molecule has 0 aliphatic heterocycles. The summed E-state index contributed by atoms with van der Waals surface area (Å²) in [4.78, 5) is 29.3. The minimum atomic E-state index is -0.618. The first-order valence-electron chi connectivity index (χ1n) is 9.55. The van der Waals surface area contributed by atoms with Crippen LogP contribution in [0, 0.1) is 5.82 Å². The molecule has 0 aliphatic rings. The summed E-state index contributed by atoms with van der Waals surface area (Å²) in [6, 6.07) is 12.8. The van der Waals surface area contributed by atoms with E-state index in [1.807, 2.05) is 19.1 Å². The SMILES string of the molecule is CCOCc1c(C(=O)NNC(=O)c2cncn2-c2ccc(F)cc2)oc2ccccc12. The van der Waals surface area contributed by atoms with Crippen LogP contribution in [-0.2, 0) is 11.3 Å². The van der Waals surface area contributed by atoms with Crippen molar-refractivity contribution in [1.82, 2.24) is 20.4 Å². The van der Waals surface area contributed by atoms with Crippen LogP contribution >= 0.6 is 0 Å². The van der Waals surface area contributed by atoms with Gasteiger partial charge in [0.05, 0.1) is 19.1 Å². The number of ether oxygens (including phenoxy) is 1. The van der Waals surface area contributed by atoms with Gasteiger partial charge < -0.3 is 9.15 Å². The highest BCUT2D eigenvalue weighted by Gasteiger charge is 2.22. The number of para-hydroxylation sites is 1. The minimum Gasteiger partial charge on any atom is -0.450 e. The third-order valence-electron chi connectivity index (χ3n) is 4.62. The number of benzene rings is 2. The lowest BCUT2D eigenvalue weighted by molar-refractivity contribution is 0.0822. The Kier molecular flexibility index (Phi) is 5.76. The largest absolute Gasteiger partial charge is 0.450 e. The van der Waals surface area contributed by atoms with E-state index in [0.717, 1.165) is 5.39 Å². The average Bonchev–Trinajstić information content (AvgIpc) is 3.41. The summed E-state index contributed by atoms with van der Waals surface area (Å²) in [7, 11) is 0. The van der Waals surface area contributed by atoms with Crippen molar-refractivity contribution in [3.63, 3.8) is 0 Å². The topological polar surface area (TPSA) is 98.4 Å². The van der Waals surface area contributed by atoms with Crippen LogP contribution in [0.5, 0.6) is 0 Å². The number of imidazole rings is 1. The first kappa shape index (κ1) is 20.3. The summed E-state index contributed by atoms with van der Waals surface area (Å²) in [6.45, 7) is 2.53. The Hall–Kier alpha value is -3.98. The monoisotopic (exact) mass is 422 g/mol. The van der Waals surface area contributed by atoms with Gasteiger partial charge in [-0.3, -0.25) is 25.0 Å². The number of furan rings is 1. The molecule has 2 N–H and O–H groups in total. The van der Waals surface area contributed by atoms with Gasteiger partial charge in [0.15, 0.2) is 5.76 Å². The van der Waals surface area contributed by atoms with E-state index in [-0.39, 0.29) is 18.1 Å². The lowest BCUT2D eigenvalue weighted by atomic mass is 10.1. The number of carbonyl (C=O) groups is 2. The maximum absolute atomic E-state index is 13.2. The van der Waals surface area contributed by atoms with E-state index in [0.29, 0.717) is 23.4 Å². The van der Waals surface area contributed by atoms with Crippen LogP contribution in [0.2, 0.25) is 0 Å². The quantitative estimate of drug-likeness (QED) is 0.464. The molecule has 0 fully saturated rings. The van der Waals surface area contributed by atoms with E-state index in [1.165, 1.54) is 41.4 Å². The fourth-order valence-corrected chi connectivity index (χ4v) is 3.13. The van der Waals surface area contributed by atoms with E-state index in [4.69, 9.17) is 9.15 Å². The van der Waals surface area contributed by atoms with E-state index in [9.17, 15) is 14.0 Å². The van der Waals surface area contributed by atoms with Crippen molar-refractivity contribution in [1.29, 1.82) is 0 Å². The van der Waals surface area contributed by atoms with Crippen molar-refractivity contribution >= 4 is 22.8 Å². The Morgan fingerprint density at radius 1 is 1.10 bits per heavy atom. The summed E-state index contributed by atoms with van der Waals surface area (Å²) in [5.74, 6) is -1.55. The lowest BCUT2D eigenvalue weighted by Crippen LogP contribution is -2.42. The van der Waals surface area contributed by atoms with Gasteiger partial charge in [-0.2, -0.15) is 0 Å². The van der Waals surface area contributed by atoms with Gasteiger partial charge >= 0.3 is 5.91 Å². The lowest BCUT2D eigenvalue weighted by Gasteiger charge is -2.10. The fourth-order valence-electron chi connectivity index (χ4n) is 3.13. The molecular weight excluding hydrogens is 403 g/mol. The molecule has 158 valence electrons. The van der Waals surface area contributed by atoms with Crippen molar-refractivity contribution < 1.29 is 23.1 Å². The molecule has 8 nitrogen and oxygen atoms in total. The molecule has 0 atom stereocenters. The van der Waals surface area contributed by atoms with Crippen LogP contribution in [0.25, 0.3) is 16.7 Å². The average molecular weight is 422 g/mol. The number of hydrogen-bond donors (Lipinski definition) is 2. The number of fused-ring (bicyclic) bond motifs is 1. The zero-order valence-corrected chi connectivity index (χ0v) is 16.6. The number of nitrogens with zero attached hydrogens (tertiary/aromatic N) is 2.